The van der Waals surface area contributed by atoms with Crippen molar-refractivity contribution in [3.63, 3.8) is 0 Å². The van der Waals surface area contributed by atoms with Gasteiger partial charge >= 0.3 is 0 Å². The average molecular weight is 640 g/mol. The minimum atomic E-state index is -2.09. The highest BCUT2D eigenvalue weighted by Gasteiger charge is 2.34. The zero-order valence-electron chi connectivity index (χ0n) is 23.4. The van der Waals surface area contributed by atoms with Gasteiger partial charge < -0.3 is 19.9 Å². The number of carbonyl (C=O) groups is 1. The molecule has 1 fully saturated rings. The molecule has 6 nitrogen and oxygen atoms in total. The van der Waals surface area contributed by atoms with Crippen LogP contribution < -0.4 is 5.32 Å². The van der Waals surface area contributed by atoms with Crippen molar-refractivity contribution in [1.29, 1.82) is 0 Å². The number of aliphatic hydroxyl groups is 1. The second kappa shape index (κ2) is 14.7. The highest BCUT2D eigenvalue weighted by atomic mass is 35.6. The Hall–Kier alpha value is -2.94. The predicted octanol–water partition coefficient (Wildman–Crippen LogP) is 7.74. The molecule has 5 rings (SSSR count). The number of nitrogens with one attached hydrogen (secondary N) is 1. The van der Waals surface area contributed by atoms with Crippen molar-refractivity contribution in [2.24, 2.45) is 0 Å². The Morgan fingerprint density at radius 3 is 2.00 bits per heavy atom. The summed E-state index contributed by atoms with van der Waals surface area (Å²) in [5.41, 5.74) is 5.45. The fraction of sp³-hybridized carbons (Fsp3) is 0.265. The summed E-state index contributed by atoms with van der Waals surface area (Å²) >= 11 is 17.3. The smallest absolute Gasteiger partial charge is 0.276 e. The number of amides is 1. The van der Waals surface area contributed by atoms with Gasteiger partial charge in [0.2, 0.25) is 0 Å². The molecule has 0 radical (unpaired) electrons. The van der Waals surface area contributed by atoms with Crippen molar-refractivity contribution >= 4 is 46.4 Å². The zero-order valence-corrected chi connectivity index (χ0v) is 25.7. The van der Waals surface area contributed by atoms with Crippen LogP contribution >= 0.6 is 34.8 Å². The van der Waals surface area contributed by atoms with Crippen molar-refractivity contribution in [2.75, 3.05) is 11.9 Å². The molecule has 43 heavy (non-hydrogen) atoms. The molecule has 0 bridgehead atoms. The van der Waals surface area contributed by atoms with Gasteiger partial charge in [-0.25, -0.2) is 0 Å². The molecule has 3 atom stereocenters. The number of nitrogens with zero attached hydrogens (tertiary/aromatic N) is 1. The summed E-state index contributed by atoms with van der Waals surface area (Å²) < 4.78 is 11.0. The van der Waals surface area contributed by atoms with Crippen LogP contribution in [0, 0.1) is 0 Å². The average Bonchev–Trinajstić information content (AvgIpc) is 3.01. The molecular weight excluding hydrogens is 607 g/mol. The van der Waals surface area contributed by atoms with Crippen molar-refractivity contribution in [3.8, 4) is 0 Å². The molecule has 0 spiro atoms. The first-order valence-electron chi connectivity index (χ1n) is 14.1. The monoisotopic (exact) mass is 638 g/mol. The van der Waals surface area contributed by atoms with E-state index in [0.717, 1.165) is 29.8 Å². The molecule has 0 aromatic heterocycles. The lowest BCUT2D eigenvalue weighted by atomic mass is 9.99. The van der Waals surface area contributed by atoms with E-state index in [1.165, 1.54) is 11.1 Å². The van der Waals surface area contributed by atoms with E-state index in [4.69, 9.17) is 44.3 Å². The lowest BCUT2D eigenvalue weighted by molar-refractivity contribution is -0.253. The van der Waals surface area contributed by atoms with E-state index in [-0.39, 0.29) is 18.8 Å². The highest BCUT2D eigenvalue weighted by Crippen LogP contribution is 2.39. The van der Waals surface area contributed by atoms with Gasteiger partial charge in [0, 0.05) is 37.3 Å². The molecular formula is C34H33Cl3N2O4. The van der Waals surface area contributed by atoms with Crippen LogP contribution in [0.2, 0.25) is 0 Å². The number of aliphatic hydroxyl groups excluding tert-OH is 1. The van der Waals surface area contributed by atoms with Crippen molar-refractivity contribution in [1.82, 2.24) is 4.90 Å². The number of carbonyl (C=O) groups excluding carboxylic acids is 1. The summed E-state index contributed by atoms with van der Waals surface area (Å²) in [5, 5.41) is 12.2. The maximum absolute atomic E-state index is 12.3. The number of halogens is 3. The molecule has 2 N–H and O–H groups in total. The van der Waals surface area contributed by atoms with Gasteiger partial charge in [0.05, 0.1) is 18.8 Å². The quantitative estimate of drug-likeness (QED) is 0.174. The largest absolute Gasteiger partial charge is 0.392 e. The van der Waals surface area contributed by atoms with Crippen LogP contribution in [0.4, 0.5) is 5.69 Å². The van der Waals surface area contributed by atoms with Gasteiger partial charge in [0.15, 0.2) is 6.29 Å². The molecule has 1 saturated heterocycles. The Balaban J connectivity index is 1.41. The van der Waals surface area contributed by atoms with Crippen LogP contribution in [0.5, 0.6) is 0 Å². The molecule has 0 saturated carbocycles. The number of ether oxygens (including phenoxy) is 2. The van der Waals surface area contributed by atoms with E-state index < -0.39 is 16.0 Å². The van der Waals surface area contributed by atoms with E-state index in [1.54, 1.807) is 18.2 Å². The van der Waals surface area contributed by atoms with Gasteiger partial charge in [-0.1, -0.05) is 132 Å². The molecule has 1 aliphatic rings. The first-order valence-corrected chi connectivity index (χ1v) is 15.2. The molecule has 224 valence electrons. The molecule has 0 aliphatic carbocycles. The molecule has 0 unspecified atom stereocenters. The van der Waals surface area contributed by atoms with Crippen LogP contribution in [-0.4, -0.2) is 32.4 Å². The van der Waals surface area contributed by atoms with Crippen LogP contribution in [0.1, 0.15) is 46.6 Å². The topological polar surface area (TPSA) is 71.0 Å². The third-order valence-corrected chi connectivity index (χ3v) is 7.76. The second-order valence-corrected chi connectivity index (χ2v) is 12.8. The van der Waals surface area contributed by atoms with Crippen molar-refractivity contribution in [2.45, 2.75) is 48.4 Å². The Morgan fingerprint density at radius 1 is 0.791 bits per heavy atom. The first kappa shape index (κ1) is 31.5. The van der Waals surface area contributed by atoms with E-state index in [2.05, 4.69) is 58.7 Å². The first-order chi connectivity index (χ1) is 20.8. The van der Waals surface area contributed by atoms with Gasteiger partial charge in [-0.05, 0) is 34.4 Å². The van der Waals surface area contributed by atoms with E-state index in [9.17, 15) is 9.90 Å². The molecule has 4 aromatic rings. The number of anilines is 1. The minimum Gasteiger partial charge on any atom is -0.392 e. The second-order valence-electron chi connectivity index (χ2n) is 10.6. The minimum absolute atomic E-state index is 0.0270. The molecule has 1 heterocycles. The summed E-state index contributed by atoms with van der Waals surface area (Å²) in [4.78, 5) is 14.7. The molecule has 1 amide bonds. The predicted molar refractivity (Wildman–Crippen MR) is 171 cm³/mol. The van der Waals surface area contributed by atoms with Crippen LogP contribution in [0.3, 0.4) is 0 Å². The third kappa shape index (κ3) is 9.03. The van der Waals surface area contributed by atoms with E-state index in [0.29, 0.717) is 18.7 Å². The van der Waals surface area contributed by atoms with Gasteiger partial charge in [-0.15, -0.1) is 0 Å². The van der Waals surface area contributed by atoms with E-state index in [1.807, 2.05) is 42.5 Å². The molecule has 9 heteroatoms. The summed E-state index contributed by atoms with van der Waals surface area (Å²) in [6.07, 6.45) is -0.501. The van der Waals surface area contributed by atoms with E-state index >= 15 is 0 Å². The Morgan fingerprint density at radius 2 is 1.42 bits per heavy atom. The van der Waals surface area contributed by atoms with Crippen LogP contribution in [0.15, 0.2) is 109 Å². The summed E-state index contributed by atoms with van der Waals surface area (Å²) in [7, 11) is 0. The van der Waals surface area contributed by atoms with Gasteiger partial charge in [0.1, 0.15) is 0 Å². The summed E-state index contributed by atoms with van der Waals surface area (Å²) in [6.45, 7) is 2.16. The maximum atomic E-state index is 12.3. The van der Waals surface area contributed by atoms with Crippen LogP contribution in [0.25, 0.3) is 0 Å². The fourth-order valence-corrected chi connectivity index (χ4v) is 5.30. The normalized spacial score (nSPS) is 18.9. The Labute approximate surface area is 267 Å². The lowest BCUT2D eigenvalue weighted by Crippen LogP contribution is -2.39. The maximum Gasteiger partial charge on any atom is 0.276 e. The molecule has 4 aromatic carbocycles. The Kier molecular flexibility index (Phi) is 10.8. The van der Waals surface area contributed by atoms with Crippen molar-refractivity contribution in [3.05, 3.63) is 137 Å². The highest BCUT2D eigenvalue weighted by molar-refractivity contribution is 6.76. The number of alkyl halides is 3. The number of hydrogen-bond donors (Lipinski definition) is 2. The van der Waals surface area contributed by atoms with Gasteiger partial charge in [-0.3, -0.25) is 9.69 Å². The summed E-state index contributed by atoms with van der Waals surface area (Å²) in [5.74, 6) is -0.752. The number of hydrogen-bond acceptors (Lipinski definition) is 5. The van der Waals surface area contributed by atoms with Crippen molar-refractivity contribution < 1.29 is 19.4 Å². The SMILES string of the molecule is O=C(Nc1cccc([C@H]2O[C@@H](CN(Cc3ccccc3)Cc3ccccc3)C[C@@H](c3ccc(CO)cc3)O2)c1)C(Cl)(Cl)Cl. The number of rotatable bonds is 10. The van der Waals surface area contributed by atoms with Gasteiger partial charge in [0.25, 0.3) is 9.70 Å². The lowest BCUT2D eigenvalue weighted by Gasteiger charge is -2.38. The summed E-state index contributed by atoms with van der Waals surface area (Å²) in [6, 6.07) is 35.7. The Bertz CT molecular complexity index is 1430. The molecule has 1 aliphatic heterocycles. The third-order valence-electron chi connectivity index (χ3n) is 7.25. The van der Waals surface area contributed by atoms with Crippen LogP contribution in [-0.2, 0) is 34.0 Å². The fourth-order valence-electron chi connectivity index (χ4n) is 5.15. The number of benzene rings is 4. The standard InChI is InChI=1S/C34H33Cl3N2O4/c35-34(36,37)33(41)38-29-13-7-12-28(18-29)32-42-30(19-31(43-32)27-16-14-26(23-40)15-17-27)22-39(20-24-8-3-1-4-9-24)21-25-10-5-2-6-11-25/h1-18,30-32,40H,19-23H2,(H,38,41)/t30-,31+,32+/m1/s1. The zero-order chi connectivity index (χ0) is 30.2. The van der Waals surface area contributed by atoms with Gasteiger partial charge in [-0.2, -0.15) is 0 Å².